The number of urea groups is 1. The van der Waals surface area contributed by atoms with Crippen LogP contribution in [-0.2, 0) is 4.79 Å². The van der Waals surface area contributed by atoms with Crippen LogP contribution in [0.1, 0.15) is 18.1 Å². The second kappa shape index (κ2) is 6.05. The summed E-state index contributed by atoms with van der Waals surface area (Å²) in [6.45, 7) is 5.66. The Hall–Kier alpha value is -2.04. The first-order chi connectivity index (χ1) is 8.43. The van der Waals surface area contributed by atoms with Crippen LogP contribution in [-0.4, -0.2) is 35.1 Å². The topological polar surface area (TPSA) is 69.6 Å². The van der Waals surface area contributed by atoms with Crippen molar-refractivity contribution in [3.63, 3.8) is 0 Å². The molecule has 0 radical (unpaired) electrons. The average Bonchev–Trinajstić information content (AvgIpc) is 2.29. The van der Waals surface area contributed by atoms with Gasteiger partial charge in [-0.05, 0) is 32.4 Å². The summed E-state index contributed by atoms with van der Waals surface area (Å²) in [5.41, 5.74) is 2.77. The molecule has 0 aliphatic rings. The van der Waals surface area contributed by atoms with Gasteiger partial charge in [0, 0.05) is 12.2 Å². The van der Waals surface area contributed by atoms with Crippen LogP contribution in [0.3, 0.4) is 0 Å². The predicted molar refractivity (Wildman–Crippen MR) is 69.8 cm³/mol. The van der Waals surface area contributed by atoms with Crippen LogP contribution >= 0.6 is 0 Å². The number of nitrogens with zero attached hydrogens (tertiary/aromatic N) is 1. The molecule has 1 aromatic carbocycles. The van der Waals surface area contributed by atoms with E-state index in [9.17, 15) is 9.59 Å². The lowest BCUT2D eigenvalue weighted by atomic mass is 10.1. The molecule has 18 heavy (non-hydrogen) atoms. The van der Waals surface area contributed by atoms with Gasteiger partial charge in [-0.3, -0.25) is 4.79 Å². The zero-order chi connectivity index (χ0) is 13.7. The molecule has 0 spiro atoms. The van der Waals surface area contributed by atoms with E-state index in [1.165, 1.54) is 4.90 Å². The van der Waals surface area contributed by atoms with Crippen LogP contribution in [0, 0.1) is 13.8 Å². The minimum atomic E-state index is -1.02. The molecular formula is C13H18N2O3. The highest BCUT2D eigenvalue weighted by Gasteiger charge is 2.15. The Morgan fingerprint density at radius 3 is 2.50 bits per heavy atom. The SMILES string of the molecule is CCN(CC(=O)O)C(=O)Nc1ccc(C)cc1C. The Labute approximate surface area is 106 Å². The number of carbonyl (C=O) groups excluding carboxylic acids is 1. The fraction of sp³-hybridized carbons (Fsp3) is 0.385. The van der Waals surface area contributed by atoms with E-state index in [-0.39, 0.29) is 6.54 Å². The van der Waals surface area contributed by atoms with Crippen LogP contribution in [0.25, 0.3) is 0 Å². The summed E-state index contributed by atoms with van der Waals surface area (Å²) < 4.78 is 0. The van der Waals surface area contributed by atoms with Crippen molar-refractivity contribution in [3.8, 4) is 0 Å². The minimum Gasteiger partial charge on any atom is -0.480 e. The third-order valence-corrected chi connectivity index (χ3v) is 2.62. The Bertz CT molecular complexity index is 458. The Kier molecular flexibility index (Phi) is 4.71. The molecule has 0 saturated carbocycles. The molecule has 0 saturated heterocycles. The van der Waals surface area contributed by atoms with Gasteiger partial charge in [0.25, 0.3) is 0 Å². The zero-order valence-corrected chi connectivity index (χ0v) is 10.9. The number of amides is 2. The van der Waals surface area contributed by atoms with Gasteiger partial charge < -0.3 is 15.3 Å². The number of hydrogen-bond donors (Lipinski definition) is 2. The van der Waals surface area contributed by atoms with Crippen molar-refractivity contribution >= 4 is 17.7 Å². The number of benzene rings is 1. The van der Waals surface area contributed by atoms with Gasteiger partial charge in [-0.25, -0.2) is 4.79 Å². The molecule has 1 rings (SSSR count). The van der Waals surface area contributed by atoms with Crippen LogP contribution in [0.2, 0.25) is 0 Å². The first-order valence-corrected chi connectivity index (χ1v) is 5.79. The van der Waals surface area contributed by atoms with Gasteiger partial charge in [0.2, 0.25) is 0 Å². The molecule has 0 atom stereocenters. The zero-order valence-electron chi connectivity index (χ0n) is 10.9. The number of anilines is 1. The second-order valence-corrected chi connectivity index (χ2v) is 4.16. The van der Waals surface area contributed by atoms with Gasteiger partial charge >= 0.3 is 12.0 Å². The highest BCUT2D eigenvalue weighted by molar-refractivity contribution is 5.92. The van der Waals surface area contributed by atoms with Gasteiger partial charge in [-0.15, -0.1) is 0 Å². The lowest BCUT2D eigenvalue weighted by molar-refractivity contribution is -0.137. The van der Waals surface area contributed by atoms with E-state index in [1.54, 1.807) is 6.92 Å². The highest BCUT2D eigenvalue weighted by Crippen LogP contribution is 2.16. The summed E-state index contributed by atoms with van der Waals surface area (Å²) >= 11 is 0. The Balaban J connectivity index is 2.76. The molecule has 0 aromatic heterocycles. The molecule has 2 amide bonds. The number of aliphatic carboxylic acids is 1. The van der Waals surface area contributed by atoms with E-state index in [4.69, 9.17) is 5.11 Å². The maximum atomic E-state index is 11.9. The maximum absolute atomic E-state index is 11.9. The molecule has 1 aromatic rings. The Morgan fingerprint density at radius 1 is 1.33 bits per heavy atom. The molecule has 0 fully saturated rings. The van der Waals surface area contributed by atoms with E-state index in [0.29, 0.717) is 12.2 Å². The van der Waals surface area contributed by atoms with E-state index in [1.807, 2.05) is 32.0 Å². The first-order valence-electron chi connectivity index (χ1n) is 5.79. The summed E-state index contributed by atoms with van der Waals surface area (Å²) in [5.74, 6) is -1.02. The standard InChI is InChI=1S/C13H18N2O3/c1-4-15(8-12(16)17)13(18)14-11-6-5-9(2)7-10(11)3/h5-7H,4,8H2,1-3H3,(H,14,18)(H,16,17). The van der Waals surface area contributed by atoms with Crippen LogP contribution in [0.4, 0.5) is 10.5 Å². The fourth-order valence-corrected chi connectivity index (χ4v) is 1.64. The minimum absolute atomic E-state index is 0.298. The summed E-state index contributed by atoms with van der Waals surface area (Å²) in [7, 11) is 0. The van der Waals surface area contributed by atoms with Crippen molar-refractivity contribution in [2.24, 2.45) is 0 Å². The summed E-state index contributed by atoms with van der Waals surface area (Å²) in [5, 5.41) is 11.4. The number of carboxylic acids is 1. The maximum Gasteiger partial charge on any atom is 0.323 e. The lowest BCUT2D eigenvalue weighted by Gasteiger charge is -2.20. The summed E-state index contributed by atoms with van der Waals surface area (Å²) in [4.78, 5) is 23.7. The van der Waals surface area contributed by atoms with Crippen LogP contribution in [0.5, 0.6) is 0 Å². The summed E-state index contributed by atoms with van der Waals surface area (Å²) in [6.07, 6.45) is 0. The average molecular weight is 250 g/mol. The first kappa shape index (κ1) is 14.0. The molecule has 0 unspecified atom stereocenters. The molecule has 5 heteroatoms. The molecule has 0 aliphatic heterocycles. The number of rotatable bonds is 4. The predicted octanol–water partition coefficient (Wildman–Crippen LogP) is 2.24. The number of carbonyl (C=O) groups is 2. The molecule has 0 aliphatic carbocycles. The van der Waals surface area contributed by atoms with Gasteiger partial charge in [0.1, 0.15) is 6.54 Å². The third kappa shape index (κ3) is 3.76. The monoisotopic (exact) mass is 250 g/mol. The van der Waals surface area contributed by atoms with Crippen molar-refractivity contribution in [3.05, 3.63) is 29.3 Å². The molecule has 0 bridgehead atoms. The van der Waals surface area contributed by atoms with Crippen molar-refractivity contribution in [1.29, 1.82) is 0 Å². The largest absolute Gasteiger partial charge is 0.480 e. The number of nitrogens with one attached hydrogen (secondary N) is 1. The van der Waals surface area contributed by atoms with Crippen LogP contribution in [0.15, 0.2) is 18.2 Å². The van der Waals surface area contributed by atoms with E-state index >= 15 is 0 Å². The molecular weight excluding hydrogens is 232 g/mol. The summed E-state index contributed by atoms with van der Waals surface area (Å²) in [6, 6.07) is 5.28. The highest BCUT2D eigenvalue weighted by atomic mass is 16.4. The quantitative estimate of drug-likeness (QED) is 0.861. The van der Waals surface area contributed by atoms with E-state index in [0.717, 1.165) is 11.1 Å². The second-order valence-electron chi connectivity index (χ2n) is 4.16. The van der Waals surface area contributed by atoms with Crippen molar-refractivity contribution < 1.29 is 14.7 Å². The van der Waals surface area contributed by atoms with Gasteiger partial charge in [-0.2, -0.15) is 0 Å². The normalized spacial score (nSPS) is 9.94. The van der Waals surface area contributed by atoms with Crippen molar-refractivity contribution in [1.82, 2.24) is 4.90 Å². The van der Waals surface area contributed by atoms with E-state index < -0.39 is 12.0 Å². The Morgan fingerprint density at radius 2 is 2.00 bits per heavy atom. The smallest absolute Gasteiger partial charge is 0.323 e. The van der Waals surface area contributed by atoms with Gasteiger partial charge in [-0.1, -0.05) is 17.7 Å². The van der Waals surface area contributed by atoms with E-state index in [2.05, 4.69) is 5.32 Å². The molecule has 98 valence electrons. The molecule has 0 heterocycles. The van der Waals surface area contributed by atoms with Gasteiger partial charge in [0.15, 0.2) is 0 Å². The molecule has 2 N–H and O–H groups in total. The van der Waals surface area contributed by atoms with Gasteiger partial charge in [0.05, 0.1) is 0 Å². The number of carboxylic acid groups (broad SMARTS) is 1. The lowest BCUT2D eigenvalue weighted by Crippen LogP contribution is -2.38. The third-order valence-electron chi connectivity index (χ3n) is 2.62. The number of aryl methyl sites for hydroxylation is 2. The van der Waals surface area contributed by atoms with Crippen molar-refractivity contribution in [2.45, 2.75) is 20.8 Å². The fourth-order valence-electron chi connectivity index (χ4n) is 1.64. The van der Waals surface area contributed by atoms with Crippen molar-refractivity contribution in [2.75, 3.05) is 18.4 Å². The van der Waals surface area contributed by atoms with Crippen LogP contribution < -0.4 is 5.32 Å². The molecule has 5 nitrogen and oxygen atoms in total. The number of likely N-dealkylation sites (N-methyl/N-ethyl adjacent to an activating group) is 1. The number of hydrogen-bond acceptors (Lipinski definition) is 2.